The number of hydrogen-bond acceptors (Lipinski definition) is 9. The molecule has 2 aromatic rings. The summed E-state index contributed by atoms with van der Waals surface area (Å²) in [5, 5.41) is 28.7. The van der Waals surface area contributed by atoms with Gasteiger partial charge in [-0.1, -0.05) is 28.7 Å². The molecule has 2 saturated heterocycles. The van der Waals surface area contributed by atoms with E-state index in [1.165, 1.54) is 4.31 Å². The summed E-state index contributed by atoms with van der Waals surface area (Å²) in [5.41, 5.74) is 3.72. The molecule has 0 spiro atoms. The Hall–Kier alpha value is -2.61. The first kappa shape index (κ1) is 28.4. The number of ether oxygens (including phenoxy) is 2. The van der Waals surface area contributed by atoms with E-state index in [2.05, 4.69) is 11.1 Å². The molecule has 1 amide bonds. The number of aliphatic hydroxyl groups is 2. The first-order chi connectivity index (χ1) is 18.2. The van der Waals surface area contributed by atoms with Crippen LogP contribution in [0.25, 0.3) is 11.3 Å². The minimum absolute atomic E-state index is 0.0585. The van der Waals surface area contributed by atoms with Crippen molar-refractivity contribution in [1.29, 1.82) is 0 Å². The summed E-state index contributed by atoms with van der Waals surface area (Å²) < 4.78 is 37.6. The van der Waals surface area contributed by atoms with Gasteiger partial charge in [-0.25, -0.2) is 4.98 Å². The normalized spacial score (nSPS) is 18.7. The number of carbonyl (C=O) groups excluding carboxylic acids is 1. The number of pyridine rings is 1. The number of aliphatic hydroxyl groups excluding tert-OH is 2. The second-order valence-corrected chi connectivity index (χ2v) is 11.5. The largest absolute Gasteiger partial charge is 0.475 e. The van der Waals surface area contributed by atoms with Crippen molar-refractivity contribution < 1.29 is 38.1 Å². The lowest BCUT2D eigenvalue weighted by atomic mass is 9.88. The van der Waals surface area contributed by atoms with Crippen LogP contribution in [0.3, 0.4) is 0 Å². The van der Waals surface area contributed by atoms with Gasteiger partial charge in [-0.2, -0.15) is 12.7 Å². The summed E-state index contributed by atoms with van der Waals surface area (Å²) >= 11 is 0. The van der Waals surface area contributed by atoms with E-state index in [0.29, 0.717) is 50.5 Å². The molecular weight excluding hydrogens is 514 g/mol. The van der Waals surface area contributed by atoms with Crippen molar-refractivity contribution >= 4 is 16.1 Å². The van der Waals surface area contributed by atoms with Gasteiger partial charge in [-0.3, -0.25) is 10.0 Å². The van der Waals surface area contributed by atoms with E-state index in [0.717, 1.165) is 16.7 Å². The van der Waals surface area contributed by atoms with Gasteiger partial charge >= 0.3 is 10.2 Å². The maximum atomic E-state index is 12.9. The molecule has 1 atom stereocenters. The van der Waals surface area contributed by atoms with Crippen LogP contribution in [0, 0.1) is 12.8 Å². The lowest BCUT2D eigenvalue weighted by molar-refractivity contribution is -0.154. The highest BCUT2D eigenvalue weighted by Crippen LogP contribution is 2.33. The lowest BCUT2D eigenvalue weighted by Gasteiger charge is -2.34. The maximum absolute atomic E-state index is 12.9. The van der Waals surface area contributed by atoms with Gasteiger partial charge in [0.05, 0.1) is 12.3 Å². The predicted molar refractivity (Wildman–Crippen MR) is 138 cm³/mol. The number of piperidine rings is 1. The lowest BCUT2D eigenvalue weighted by Crippen LogP contribution is -2.49. The number of carbonyl (C=O) groups is 1. The third-order valence-electron chi connectivity index (χ3n) is 7.11. The molecule has 2 aliphatic heterocycles. The quantitative estimate of drug-likeness (QED) is 0.315. The molecule has 3 heterocycles. The minimum atomic E-state index is -4.30. The third-order valence-corrected chi connectivity index (χ3v) is 8.75. The summed E-state index contributed by atoms with van der Waals surface area (Å²) in [7, 11) is -4.30. The van der Waals surface area contributed by atoms with Crippen molar-refractivity contribution in [3.05, 3.63) is 47.5 Å². The number of hydrogen-bond donors (Lipinski definition) is 3. The zero-order valence-corrected chi connectivity index (χ0v) is 22.2. The van der Waals surface area contributed by atoms with Gasteiger partial charge in [0, 0.05) is 43.9 Å². The van der Waals surface area contributed by atoms with E-state index in [9.17, 15) is 23.5 Å². The molecule has 0 unspecified atom stereocenters. The number of hydroxylamine groups is 1. The van der Waals surface area contributed by atoms with Gasteiger partial charge in [-0.15, -0.1) is 0 Å². The summed E-state index contributed by atoms with van der Waals surface area (Å²) in [5.74, 6) is -0.874. The molecule has 1 aromatic carbocycles. The van der Waals surface area contributed by atoms with Crippen LogP contribution in [-0.2, 0) is 19.7 Å². The van der Waals surface area contributed by atoms with Crippen LogP contribution >= 0.6 is 0 Å². The van der Waals surface area contributed by atoms with Gasteiger partial charge in [-0.05, 0) is 55.7 Å². The predicted octanol–water partition coefficient (Wildman–Crippen LogP) is 1.86. The fraction of sp³-hybridized carbons (Fsp3) is 0.538. The second-order valence-electron chi connectivity index (χ2n) is 9.73. The monoisotopic (exact) mass is 549 g/mol. The first-order valence-electron chi connectivity index (χ1n) is 12.8. The number of nitrogens with zero attached hydrogens (tertiary/aromatic N) is 3. The molecule has 12 heteroatoms. The molecule has 3 N–H and O–H groups in total. The van der Waals surface area contributed by atoms with Crippen molar-refractivity contribution in [3.8, 4) is 17.1 Å². The molecule has 0 radical (unpaired) electrons. The zero-order chi connectivity index (χ0) is 27.3. The van der Waals surface area contributed by atoms with E-state index >= 15 is 0 Å². The summed E-state index contributed by atoms with van der Waals surface area (Å²) in [4.78, 5) is 17.0. The van der Waals surface area contributed by atoms with Crippen LogP contribution in [0.2, 0.25) is 0 Å². The van der Waals surface area contributed by atoms with Gasteiger partial charge in [0.15, 0.2) is 0 Å². The number of rotatable bonds is 9. The minimum Gasteiger partial charge on any atom is -0.475 e. The molecule has 208 valence electrons. The molecule has 1 aromatic heterocycles. The fourth-order valence-corrected chi connectivity index (χ4v) is 6.12. The molecule has 11 nitrogen and oxygen atoms in total. The highest BCUT2D eigenvalue weighted by Gasteiger charge is 2.38. The molecular formula is C26H35N3O8S. The maximum Gasteiger partial charge on any atom is 0.329 e. The molecule has 0 saturated carbocycles. The Morgan fingerprint density at radius 3 is 2.55 bits per heavy atom. The molecule has 2 aliphatic rings. The van der Waals surface area contributed by atoms with Gasteiger partial charge in [0.2, 0.25) is 5.88 Å². The number of aryl methyl sites for hydroxylation is 1. The average molecular weight is 550 g/mol. The molecule has 2 fully saturated rings. The Kier molecular flexibility index (Phi) is 9.34. The Labute approximate surface area is 222 Å². The molecule has 0 aliphatic carbocycles. The Morgan fingerprint density at radius 1 is 1.18 bits per heavy atom. The van der Waals surface area contributed by atoms with Crippen molar-refractivity contribution in [2.75, 3.05) is 39.5 Å². The van der Waals surface area contributed by atoms with Crippen LogP contribution in [0.5, 0.6) is 5.88 Å². The van der Waals surface area contributed by atoms with Gasteiger partial charge < -0.3 is 19.7 Å². The number of aromatic nitrogens is 1. The number of benzene rings is 1. The fourth-order valence-electron chi connectivity index (χ4n) is 4.85. The highest BCUT2D eigenvalue weighted by molar-refractivity contribution is 7.87. The van der Waals surface area contributed by atoms with Crippen molar-refractivity contribution in [2.24, 2.45) is 5.92 Å². The Balaban J connectivity index is 1.38. The van der Waals surface area contributed by atoms with Gasteiger partial charge in [0.25, 0.3) is 5.91 Å². The van der Waals surface area contributed by atoms with Crippen LogP contribution in [0.4, 0.5) is 0 Å². The standard InChI is InChI=1S/C26H35N3O8S/c1-18-15-21(5-6-23(18)24-3-2-4-25(27-24)37-17-22(31)16-30)19-7-11-28(12-8-19)38(34,35)29(33)26(32)20-9-13-36-14-10-20/h2-6,15,19-20,22,30-31,33H,7-14,16-17H2,1H3/t22-/m1/s1. The third kappa shape index (κ3) is 6.50. The smallest absolute Gasteiger partial charge is 0.329 e. The summed E-state index contributed by atoms with van der Waals surface area (Å²) in [6.45, 7) is 2.68. The van der Waals surface area contributed by atoms with Crippen LogP contribution in [0.15, 0.2) is 36.4 Å². The summed E-state index contributed by atoms with van der Waals surface area (Å²) in [6.07, 6.45) is 0.930. The van der Waals surface area contributed by atoms with E-state index in [-0.39, 0.29) is 30.1 Å². The van der Waals surface area contributed by atoms with E-state index in [1.54, 1.807) is 6.07 Å². The van der Waals surface area contributed by atoms with Crippen LogP contribution in [0.1, 0.15) is 42.7 Å². The highest BCUT2D eigenvalue weighted by atomic mass is 32.2. The second kappa shape index (κ2) is 12.5. The average Bonchev–Trinajstić information content (AvgIpc) is 2.95. The van der Waals surface area contributed by atoms with Crippen molar-refractivity contribution in [3.63, 3.8) is 0 Å². The van der Waals surface area contributed by atoms with E-state index < -0.39 is 34.7 Å². The molecule has 0 bridgehead atoms. The number of amides is 1. The van der Waals surface area contributed by atoms with Crippen molar-refractivity contribution in [2.45, 2.75) is 44.6 Å². The zero-order valence-electron chi connectivity index (χ0n) is 21.4. The first-order valence-corrected chi connectivity index (χ1v) is 14.2. The van der Waals surface area contributed by atoms with Gasteiger partial charge in [0.1, 0.15) is 12.7 Å². The van der Waals surface area contributed by atoms with Crippen LogP contribution < -0.4 is 4.74 Å². The Bertz CT molecular complexity index is 1210. The van der Waals surface area contributed by atoms with E-state index in [4.69, 9.17) is 14.6 Å². The SMILES string of the molecule is Cc1cc(C2CCN(S(=O)(=O)N(O)C(=O)C3CCOCC3)CC2)ccc1-c1cccc(OC[C@H](O)CO)n1. The molecule has 4 rings (SSSR count). The molecule has 38 heavy (non-hydrogen) atoms. The summed E-state index contributed by atoms with van der Waals surface area (Å²) in [6, 6.07) is 11.4. The van der Waals surface area contributed by atoms with Crippen LogP contribution in [-0.4, -0.2) is 89.1 Å². The van der Waals surface area contributed by atoms with E-state index in [1.807, 2.05) is 31.2 Å². The topological polar surface area (TPSA) is 150 Å². The Morgan fingerprint density at radius 2 is 1.89 bits per heavy atom. The van der Waals surface area contributed by atoms with Crippen molar-refractivity contribution in [1.82, 2.24) is 13.8 Å².